The van der Waals surface area contributed by atoms with Crippen LogP contribution in [-0.2, 0) is 17.6 Å². The first-order valence-corrected chi connectivity index (χ1v) is 9.74. The van der Waals surface area contributed by atoms with E-state index < -0.39 is 0 Å². The first-order chi connectivity index (χ1) is 13.2. The third-order valence-corrected chi connectivity index (χ3v) is 5.73. The van der Waals surface area contributed by atoms with Crippen molar-refractivity contribution in [2.45, 2.75) is 56.7 Å². The van der Waals surface area contributed by atoms with Gasteiger partial charge in [0.1, 0.15) is 6.04 Å². The van der Waals surface area contributed by atoms with E-state index in [1.807, 2.05) is 0 Å². The van der Waals surface area contributed by atoms with Crippen molar-refractivity contribution in [2.75, 3.05) is 18.5 Å². The van der Waals surface area contributed by atoms with Crippen molar-refractivity contribution in [2.24, 2.45) is 0 Å². The molecule has 2 aromatic rings. The molecule has 1 N–H and O–H groups in total. The van der Waals surface area contributed by atoms with Gasteiger partial charge < -0.3 is 14.6 Å². The average molecular weight is 369 g/mol. The number of aryl methyl sites for hydroxylation is 2. The van der Waals surface area contributed by atoms with E-state index in [-0.39, 0.29) is 23.2 Å². The Morgan fingerprint density at radius 2 is 2.00 bits per heavy atom. The average Bonchev–Trinajstić information content (AvgIpc) is 3.42. The van der Waals surface area contributed by atoms with Crippen LogP contribution in [0.25, 0.3) is 0 Å². The van der Waals surface area contributed by atoms with Crippen LogP contribution in [0.15, 0.2) is 28.0 Å². The molecule has 3 heterocycles. The summed E-state index contributed by atoms with van der Waals surface area (Å²) in [6.07, 6.45) is 9.51. The van der Waals surface area contributed by atoms with Crippen molar-refractivity contribution in [3.63, 3.8) is 0 Å². The molecule has 0 amide bonds. The van der Waals surface area contributed by atoms with Gasteiger partial charge in [-0.2, -0.15) is 5.10 Å². The number of aromatic nitrogens is 4. The molecule has 0 aromatic carbocycles. The van der Waals surface area contributed by atoms with Gasteiger partial charge in [-0.3, -0.25) is 9.59 Å². The third kappa shape index (κ3) is 3.07. The number of hydrogen-bond acceptors (Lipinski definition) is 6. The Kier molecular flexibility index (Phi) is 4.07. The van der Waals surface area contributed by atoms with Crippen molar-refractivity contribution in [1.29, 1.82) is 0 Å². The molecular formula is C19H23N5O3. The number of nitrogens with one attached hydrogen (secondary N) is 1. The normalized spacial score (nSPS) is 24.6. The van der Waals surface area contributed by atoms with Gasteiger partial charge in [0.05, 0.1) is 24.9 Å². The van der Waals surface area contributed by atoms with Gasteiger partial charge in [0.15, 0.2) is 5.82 Å². The lowest BCUT2D eigenvalue weighted by molar-refractivity contribution is 0.182. The first kappa shape index (κ1) is 16.7. The molecule has 8 heteroatoms. The van der Waals surface area contributed by atoms with Crippen LogP contribution in [0.5, 0.6) is 0 Å². The molecule has 2 atom stereocenters. The molecule has 0 bridgehead atoms. The number of anilines is 1. The van der Waals surface area contributed by atoms with Crippen LogP contribution in [-0.4, -0.2) is 38.6 Å². The fourth-order valence-electron chi connectivity index (χ4n) is 4.08. The maximum atomic E-state index is 12.7. The molecule has 0 radical (unpaired) electrons. The Balaban J connectivity index is 1.44. The third-order valence-electron chi connectivity index (χ3n) is 5.73. The zero-order valence-corrected chi connectivity index (χ0v) is 15.1. The Morgan fingerprint density at radius 3 is 2.85 bits per heavy atom. The quantitative estimate of drug-likeness (QED) is 0.867. The highest BCUT2D eigenvalue weighted by Crippen LogP contribution is 2.33. The maximum absolute atomic E-state index is 12.7. The van der Waals surface area contributed by atoms with E-state index in [2.05, 4.69) is 15.4 Å². The summed E-state index contributed by atoms with van der Waals surface area (Å²) in [5.74, 6) is 0.316. The molecule has 2 fully saturated rings. The molecule has 1 aliphatic heterocycles. The summed E-state index contributed by atoms with van der Waals surface area (Å²) in [7, 11) is 0. The fraction of sp³-hybridized carbons (Fsp3) is 0.579. The maximum Gasteiger partial charge on any atom is 0.293 e. The van der Waals surface area contributed by atoms with Gasteiger partial charge in [0.25, 0.3) is 11.1 Å². The Labute approximate surface area is 156 Å². The lowest BCUT2D eigenvalue weighted by atomic mass is 9.97. The summed E-state index contributed by atoms with van der Waals surface area (Å²) >= 11 is 0. The summed E-state index contributed by atoms with van der Waals surface area (Å²) in [5, 5.41) is 7.86. The number of nitrogens with zero attached hydrogens (tertiary/aromatic N) is 4. The second-order valence-electron chi connectivity index (χ2n) is 7.68. The van der Waals surface area contributed by atoms with E-state index in [0.717, 1.165) is 49.8 Å². The van der Waals surface area contributed by atoms with E-state index in [4.69, 9.17) is 4.74 Å². The molecule has 0 spiro atoms. The molecule has 2 unspecified atom stereocenters. The molecule has 142 valence electrons. The molecule has 1 saturated heterocycles. The van der Waals surface area contributed by atoms with Gasteiger partial charge in [0, 0.05) is 24.5 Å². The fourth-order valence-corrected chi connectivity index (χ4v) is 4.08. The minimum atomic E-state index is -0.250. The van der Waals surface area contributed by atoms with Crippen molar-refractivity contribution < 1.29 is 4.74 Å². The molecule has 5 rings (SSSR count). The highest BCUT2D eigenvalue weighted by molar-refractivity contribution is 5.34. The lowest BCUT2D eigenvalue weighted by Crippen LogP contribution is -2.40. The smallest absolute Gasteiger partial charge is 0.293 e. The predicted octanol–water partition coefficient (Wildman–Crippen LogP) is 1.07. The molecule has 2 aliphatic carbocycles. The van der Waals surface area contributed by atoms with Crippen molar-refractivity contribution in [3.8, 4) is 0 Å². The summed E-state index contributed by atoms with van der Waals surface area (Å²) in [6.45, 7) is 0.808. The van der Waals surface area contributed by atoms with Crippen LogP contribution >= 0.6 is 0 Å². The summed E-state index contributed by atoms with van der Waals surface area (Å²) in [6, 6.07) is 1.55. The standard InChI is InChI=1S/C19H23N5O3/c25-17-9-12-3-1-2-4-14(12)22-24(17)16-11-27-10-15(16)21-18-19(26)23(8-7-20-18)13-5-6-13/h7-9,13,15-16H,1-6,10-11H2,(H,20,21). The predicted molar refractivity (Wildman–Crippen MR) is 99.2 cm³/mol. The Morgan fingerprint density at radius 1 is 1.15 bits per heavy atom. The second kappa shape index (κ2) is 6.60. The van der Waals surface area contributed by atoms with Crippen molar-refractivity contribution >= 4 is 5.82 Å². The van der Waals surface area contributed by atoms with Gasteiger partial charge in [0.2, 0.25) is 0 Å². The summed E-state index contributed by atoms with van der Waals surface area (Å²) in [5.41, 5.74) is 1.87. The molecule has 3 aliphatic rings. The van der Waals surface area contributed by atoms with Crippen LogP contribution < -0.4 is 16.4 Å². The Hall–Kier alpha value is -2.48. The van der Waals surface area contributed by atoms with E-state index in [1.165, 1.54) is 4.68 Å². The molecule has 27 heavy (non-hydrogen) atoms. The number of rotatable bonds is 4. The van der Waals surface area contributed by atoms with E-state index in [9.17, 15) is 9.59 Å². The summed E-state index contributed by atoms with van der Waals surface area (Å²) in [4.78, 5) is 29.5. The van der Waals surface area contributed by atoms with Gasteiger partial charge in [-0.15, -0.1) is 0 Å². The van der Waals surface area contributed by atoms with Crippen LogP contribution in [0.1, 0.15) is 49.0 Å². The van der Waals surface area contributed by atoms with E-state index in [1.54, 1.807) is 23.0 Å². The summed E-state index contributed by atoms with van der Waals surface area (Å²) < 4.78 is 8.90. The number of fused-ring (bicyclic) bond motifs is 1. The monoisotopic (exact) mass is 369 g/mol. The first-order valence-electron chi connectivity index (χ1n) is 9.74. The van der Waals surface area contributed by atoms with Crippen LogP contribution in [0.2, 0.25) is 0 Å². The molecule has 1 saturated carbocycles. The largest absolute Gasteiger partial charge is 0.377 e. The molecular weight excluding hydrogens is 346 g/mol. The molecule has 8 nitrogen and oxygen atoms in total. The van der Waals surface area contributed by atoms with Gasteiger partial charge >= 0.3 is 0 Å². The van der Waals surface area contributed by atoms with Crippen molar-refractivity contribution in [3.05, 3.63) is 50.4 Å². The zero-order valence-electron chi connectivity index (χ0n) is 15.1. The lowest BCUT2D eigenvalue weighted by Gasteiger charge is -2.23. The van der Waals surface area contributed by atoms with Crippen LogP contribution in [0, 0.1) is 0 Å². The number of ether oxygens (including phenoxy) is 1. The number of hydrogen-bond donors (Lipinski definition) is 1. The zero-order chi connectivity index (χ0) is 18.4. The minimum absolute atomic E-state index is 0.102. The SMILES string of the molecule is O=c1c(NC2COCC2n2nc3c(cc2=O)CCCC3)nccn1C1CC1. The van der Waals surface area contributed by atoms with Crippen molar-refractivity contribution in [1.82, 2.24) is 19.3 Å². The van der Waals surface area contributed by atoms with E-state index >= 15 is 0 Å². The highest BCUT2D eigenvalue weighted by atomic mass is 16.5. The van der Waals surface area contributed by atoms with Crippen LogP contribution in [0.4, 0.5) is 5.82 Å². The Bertz CT molecular complexity index is 978. The highest BCUT2D eigenvalue weighted by Gasteiger charge is 2.33. The van der Waals surface area contributed by atoms with Gasteiger partial charge in [-0.25, -0.2) is 9.67 Å². The van der Waals surface area contributed by atoms with Crippen LogP contribution in [0.3, 0.4) is 0 Å². The van der Waals surface area contributed by atoms with Gasteiger partial charge in [-0.05, 0) is 44.1 Å². The van der Waals surface area contributed by atoms with Gasteiger partial charge in [-0.1, -0.05) is 0 Å². The van der Waals surface area contributed by atoms with E-state index in [0.29, 0.717) is 25.1 Å². The molecule has 2 aromatic heterocycles. The minimum Gasteiger partial charge on any atom is -0.377 e. The second-order valence-corrected chi connectivity index (χ2v) is 7.68. The topological polar surface area (TPSA) is 91.0 Å².